The Morgan fingerprint density at radius 2 is 1.76 bits per heavy atom. The van der Waals surface area contributed by atoms with Gasteiger partial charge in [0.2, 0.25) is 0 Å². The summed E-state index contributed by atoms with van der Waals surface area (Å²) in [5.41, 5.74) is 0.357. The Hall–Kier alpha value is -1.03. The molecule has 1 aromatic rings. The zero-order valence-electron chi connectivity index (χ0n) is 12.9. The van der Waals surface area contributed by atoms with Crippen LogP contribution in [0.1, 0.15) is 44.7 Å². The molecule has 0 spiro atoms. The summed E-state index contributed by atoms with van der Waals surface area (Å²) in [4.78, 5) is 0. The molecule has 0 radical (unpaired) electrons. The summed E-state index contributed by atoms with van der Waals surface area (Å²) in [5, 5.41) is 3.50. The van der Waals surface area contributed by atoms with Crippen LogP contribution in [0.2, 0.25) is 0 Å². The number of nitrogens with one attached hydrogen (secondary N) is 1. The highest BCUT2D eigenvalue weighted by molar-refractivity contribution is 5.26. The maximum Gasteiger partial charge on any atom is 0.416 e. The highest BCUT2D eigenvalue weighted by Gasteiger charge is 2.33. The van der Waals surface area contributed by atoms with Crippen LogP contribution in [0.15, 0.2) is 24.3 Å². The van der Waals surface area contributed by atoms with Crippen LogP contribution in [0.25, 0.3) is 0 Å². The fourth-order valence-electron chi connectivity index (χ4n) is 2.79. The fourth-order valence-corrected chi connectivity index (χ4v) is 2.79. The maximum atomic E-state index is 12.7. The van der Waals surface area contributed by atoms with E-state index in [-0.39, 0.29) is 5.54 Å². The standard InChI is InChI=1S/C17H24F3N/c1-16(2,3)21-11-14-8-7-13(14)9-12-5-4-6-15(10-12)17(18,19)20/h4-6,10,13-14,21H,7-9,11H2,1-3H3. The van der Waals surface area contributed by atoms with Crippen molar-refractivity contribution in [3.8, 4) is 0 Å². The molecule has 1 aliphatic carbocycles. The molecule has 21 heavy (non-hydrogen) atoms. The predicted octanol–water partition coefficient (Wildman–Crippen LogP) is 4.66. The highest BCUT2D eigenvalue weighted by Crippen LogP contribution is 2.37. The second-order valence-corrected chi connectivity index (χ2v) is 7.13. The number of benzene rings is 1. The molecule has 2 rings (SSSR count). The first-order valence-corrected chi connectivity index (χ1v) is 7.56. The molecular formula is C17H24F3N. The topological polar surface area (TPSA) is 12.0 Å². The first-order chi connectivity index (χ1) is 9.65. The van der Waals surface area contributed by atoms with Gasteiger partial charge in [-0.25, -0.2) is 0 Å². The second-order valence-electron chi connectivity index (χ2n) is 7.13. The van der Waals surface area contributed by atoms with Gasteiger partial charge in [-0.2, -0.15) is 13.2 Å². The third-order valence-corrected chi connectivity index (χ3v) is 4.22. The Morgan fingerprint density at radius 3 is 2.29 bits per heavy atom. The molecule has 0 bridgehead atoms. The summed E-state index contributed by atoms with van der Waals surface area (Å²) in [6.45, 7) is 7.35. The van der Waals surface area contributed by atoms with Crippen molar-refractivity contribution in [1.82, 2.24) is 5.32 Å². The third-order valence-electron chi connectivity index (χ3n) is 4.22. The van der Waals surface area contributed by atoms with Gasteiger partial charge in [-0.1, -0.05) is 18.2 Å². The summed E-state index contributed by atoms with van der Waals surface area (Å²) in [6.07, 6.45) is -1.21. The van der Waals surface area contributed by atoms with Gasteiger partial charge >= 0.3 is 6.18 Å². The first kappa shape index (κ1) is 16.3. The molecule has 0 saturated heterocycles. The summed E-state index contributed by atoms with van der Waals surface area (Å²) in [5.74, 6) is 1.09. The number of halogens is 3. The van der Waals surface area contributed by atoms with Gasteiger partial charge in [0, 0.05) is 5.54 Å². The molecule has 1 fully saturated rings. The summed E-state index contributed by atoms with van der Waals surface area (Å²) in [7, 11) is 0. The van der Waals surface area contributed by atoms with E-state index in [0.717, 1.165) is 31.0 Å². The van der Waals surface area contributed by atoms with Crippen molar-refractivity contribution in [1.29, 1.82) is 0 Å². The van der Waals surface area contributed by atoms with E-state index in [4.69, 9.17) is 0 Å². The first-order valence-electron chi connectivity index (χ1n) is 7.56. The average molecular weight is 299 g/mol. The van der Waals surface area contributed by atoms with E-state index in [1.165, 1.54) is 18.6 Å². The van der Waals surface area contributed by atoms with Gasteiger partial charge in [-0.3, -0.25) is 0 Å². The van der Waals surface area contributed by atoms with Gasteiger partial charge in [-0.15, -0.1) is 0 Å². The van der Waals surface area contributed by atoms with Crippen molar-refractivity contribution in [2.75, 3.05) is 6.54 Å². The number of hydrogen-bond donors (Lipinski definition) is 1. The van der Waals surface area contributed by atoms with Crippen molar-refractivity contribution < 1.29 is 13.2 Å². The van der Waals surface area contributed by atoms with Crippen LogP contribution >= 0.6 is 0 Å². The third kappa shape index (κ3) is 4.73. The van der Waals surface area contributed by atoms with Crippen molar-refractivity contribution in [3.63, 3.8) is 0 Å². The molecule has 1 nitrogen and oxygen atoms in total. The SMILES string of the molecule is CC(C)(C)NCC1CCC1Cc1cccc(C(F)(F)F)c1. The molecular weight excluding hydrogens is 275 g/mol. The summed E-state index contributed by atoms with van der Waals surface area (Å²) in [6, 6.07) is 5.76. The smallest absolute Gasteiger partial charge is 0.312 e. The van der Waals surface area contributed by atoms with Crippen LogP contribution in [0, 0.1) is 11.8 Å². The Morgan fingerprint density at radius 1 is 1.10 bits per heavy atom. The highest BCUT2D eigenvalue weighted by atomic mass is 19.4. The Bertz CT molecular complexity index is 474. The molecule has 2 atom stereocenters. The zero-order valence-corrected chi connectivity index (χ0v) is 12.9. The van der Waals surface area contributed by atoms with E-state index >= 15 is 0 Å². The van der Waals surface area contributed by atoms with Gasteiger partial charge < -0.3 is 5.32 Å². The van der Waals surface area contributed by atoms with Gasteiger partial charge in [0.15, 0.2) is 0 Å². The van der Waals surface area contributed by atoms with Crippen LogP contribution in [0.5, 0.6) is 0 Å². The predicted molar refractivity (Wildman–Crippen MR) is 79.1 cm³/mol. The van der Waals surface area contributed by atoms with Gasteiger partial charge in [0.1, 0.15) is 0 Å². The van der Waals surface area contributed by atoms with Gasteiger partial charge in [0.25, 0.3) is 0 Å². The van der Waals surface area contributed by atoms with Gasteiger partial charge in [0.05, 0.1) is 5.56 Å². The quantitative estimate of drug-likeness (QED) is 0.852. The Balaban J connectivity index is 1.93. The lowest BCUT2D eigenvalue weighted by molar-refractivity contribution is -0.137. The minimum absolute atomic E-state index is 0.0936. The van der Waals surface area contributed by atoms with Crippen molar-refractivity contribution in [3.05, 3.63) is 35.4 Å². The molecule has 4 heteroatoms. The normalized spacial score (nSPS) is 23.0. The molecule has 2 unspecified atom stereocenters. The lowest BCUT2D eigenvalue weighted by Crippen LogP contribution is -2.44. The van der Waals surface area contributed by atoms with Crippen LogP contribution in [0.3, 0.4) is 0 Å². The van der Waals surface area contributed by atoms with E-state index in [0.29, 0.717) is 11.8 Å². The lowest BCUT2D eigenvalue weighted by atomic mass is 9.70. The molecule has 0 aromatic heterocycles. The molecule has 1 saturated carbocycles. The maximum absolute atomic E-state index is 12.7. The number of hydrogen-bond acceptors (Lipinski definition) is 1. The molecule has 118 valence electrons. The van der Waals surface area contributed by atoms with E-state index in [2.05, 4.69) is 26.1 Å². The van der Waals surface area contributed by atoms with Crippen molar-refractivity contribution in [2.45, 2.75) is 51.7 Å². The van der Waals surface area contributed by atoms with E-state index in [1.54, 1.807) is 0 Å². The van der Waals surface area contributed by atoms with Crippen molar-refractivity contribution >= 4 is 0 Å². The molecule has 1 aliphatic rings. The molecule has 0 heterocycles. The second kappa shape index (κ2) is 5.99. The molecule has 0 aliphatic heterocycles. The van der Waals surface area contributed by atoms with Crippen LogP contribution in [-0.4, -0.2) is 12.1 Å². The van der Waals surface area contributed by atoms with Crippen LogP contribution in [0.4, 0.5) is 13.2 Å². The molecule has 1 aromatic carbocycles. The van der Waals surface area contributed by atoms with Crippen LogP contribution in [-0.2, 0) is 12.6 Å². The monoisotopic (exact) mass is 299 g/mol. The fraction of sp³-hybridized carbons (Fsp3) is 0.647. The Kier molecular flexibility index (Phi) is 4.66. The van der Waals surface area contributed by atoms with Crippen molar-refractivity contribution in [2.24, 2.45) is 11.8 Å². The van der Waals surface area contributed by atoms with E-state index in [1.807, 2.05) is 6.07 Å². The summed E-state index contributed by atoms with van der Waals surface area (Å²) >= 11 is 0. The number of rotatable bonds is 4. The van der Waals surface area contributed by atoms with E-state index in [9.17, 15) is 13.2 Å². The minimum atomic E-state index is -4.25. The summed E-state index contributed by atoms with van der Waals surface area (Å²) < 4.78 is 38.2. The van der Waals surface area contributed by atoms with Gasteiger partial charge in [-0.05, 0) is 70.0 Å². The molecule has 1 N–H and O–H groups in total. The average Bonchev–Trinajstić information content (AvgIpc) is 2.33. The number of alkyl halides is 3. The molecule has 0 amide bonds. The zero-order chi connectivity index (χ0) is 15.7. The minimum Gasteiger partial charge on any atom is -0.312 e. The van der Waals surface area contributed by atoms with Crippen LogP contribution < -0.4 is 5.32 Å². The largest absolute Gasteiger partial charge is 0.416 e. The lowest BCUT2D eigenvalue weighted by Gasteiger charge is -2.39. The Labute approximate surface area is 124 Å². The van der Waals surface area contributed by atoms with E-state index < -0.39 is 11.7 Å².